The highest BCUT2D eigenvalue weighted by Gasteiger charge is 2.28. The zero-order chi connectivity index (χ0) is 24.1. The molecule has 0 unspecified atom stereocenters. The average Bonchev–Trinajstić information content (AvgIpc) is 2.83. The maximum atomic E-state index is 13.2. The topological polar surface area (TPSA) is 119 Å². The number of rotatable bonds is 8. The number of carbonyl (C=O) groups excluding carboxylic acids is 2. The molecule has 34 heavy (non-hydrogen) atoms. The van der Waals surface area contributed by atoms with Gasteiger partial charge in [-0.2, -0.15) is 0 Å². The molecule has 0 radical (unpaired) electrons. The minimum Gasteiger partial charge on any atom is -0.484 e. The van der Waals surface area contributed by atoms with Crippen LogP contribution < -0.4 is 20.1 Å². The average molecular weight is 480 g/mol. The number of aryl methyl sites for hydroxylation is 1. The van der Waals surface area contributed by atoms with Gasteiger partial charge in [0.2, 0.25) is 5.91 Å². The Labute approximate surface area is 198 Å². The monoisotopic (exact) mass is 479 g/mol. The van der Waals surface area contributed by atoms with Gasteiger partial charge in [0.05, 0.1) is 17.0 Å². The van der Waals surface area contributed by atoms with Crippen LogP contribution in [0.15, 0.2) is 77.7 Å². The maximum absolute atomic E-state index is 13.2. The molecule has 4 rings (SSSR count). The van der Waals surface area contributed by atoms with Gasteiger partial charge in [0.25, 0.3) is 15.9 Å². The third kappa shape index (κ3) is 5.37. The van der Waals surface area contributed by atoms with Crippen LogP contribution in [0.5, 0.6) is 5.75 Å². The highest BCUT2D eigenvalue weighted by atomic mass is 32.2. The highest BCUT2D eigenvalue weighted by molar-refractivity contribution is 7.92. The number of nitrogens with zero attached hydrogens (tertiary/aromatic N) is 1. The van der Waals surface area contributed by atoms with Gasteiger partial charge in [-0.3, -0.25) is 13.9 Å². The molecule has 3 N–H and O–H groups in total. The Kier molecular flexibility index (Phi) is 6.83. The summed E-state index contributed by atoms with van der Waals surface area (Å²) in [6.07, 6.45) is 1.75. The van der Waals surface area contributed by atoms with Gasteiger partial charge in [-0.05, 0) is 66.4 Å². The summed E-state index contributed by atoms with van der Waals surface area (Å²) in [4.78, 5) is 23.3. The highest BCUT2D eigenvalue weighted by Crippen LogP contribution is 2.32. The lowest BCUT2D eigenvalue weighted by molar-refractivity contribution is -0.118. The molecule has 0 saturated carbocycles. The molecule has 0 atom stereocenters. The van der Waals surface area contributed by atoms with Crippen molar-refractivity contribution in [1.82, 2.24) is 0 Å². The van der Waals surface area contributed by atoms with Gasteiger partial charge in [0.1, 0.15) is 5.75 Å². The number of amides is 2. The molecule has 9 heteroatoms. The summed E-state index contributed by atoms with van der Waals surface area (Å²) in [5.74, 6) is -0.418. The van der Waals surface area contributed by atoms with Crippen molar-refractivity contribution >= 4 is 33.2 Å². The van der Waals surface area contributed by atoms with E-state index in [4.69, 9.17) is 10.5 Å². The maximum Gasteiger partial charge on any atom is 0.264 e. The molecular formula is C25H25N3O5S. The van der Waals surface area contributed by atoms with Gasteiger partial charge in [-0.1, -0.05) is 30.3 Å². The molecular weight excluding hydrogens is 454 g/mol. The molecule has 0 aromatic heterocycles. The second-order valence-electron chi connectivity index (χ2n) is 7.96. The van der Waals surface area contributed by atoms with E-state index in [2.05, 4.69) is 5.32 Å². The Morgan fingerprint density at radius 3 is 2.38 bits per heavy atom. The number of sulfonamides is 1. The number of hydrogen-bond donors (Lipinski definition) is 2. The van der Waals surface area contributed by atoms with Crippen molar-refractivity contribution in [2.45, 2.75) is 24.2 Å². The number of primary amides is 1. The molecule has 176 valence electrons. The van der Waals surface area contributed by atoms with Crippen LogP contribution in [0.1, 0.15) is 17.5 Å². The largest absolute Gasteiger partial charge is 0.484 e. The van der Waals surface area contributed by atoms with Crippen LogP contribution in [0, 0.1) is 0 Å². The number of para-hydroxylation sites is 1. The third-order valence-electron chi connectivity index (χ3n) is 5.47. The van der Waals surface area contributed by atoms with Gasteiger partial charge in [-0.25, -0.2) is 8.42 Å². The van der Waals surface area contributed by atoms with Crippen molar-refractivity contribution in [1.29, 1.82) is 0 Å². The zero-order valence-electron chi connectivity index (χ0n) is 18.4. The number of nitrogens with two attached hydrogens (primary N) is 1. The van der Waals surface area contributed by atoms with Crippen LogP contribution in [0.2, 0.25) is 0 Å². The van der Waals surface area contributed by atoms with Crippen molar-refractivity contribution in [2.24, 2.45) is 5.73 Å². The number of carbonyl (C=O) groups is 2. The van der Waals surface area contributed by atoms with E-state index in [-0.39, 0.29) is 23.8 Å². The molecule has 0 saturated heterocycles. The third-order valence-corrected chi connectivity index (χ3v) is 7.29. The SMILES string of the molecule is NC(=O)Cc1ccc(NC(=O)COc2ccc(S(=O)(=O)N3CCCc4ccccc43)cc2)cc1. The minimum absolute atomic E-state index is 0.132. The molecule has 1 aliphatic rings. The van der Waals surface area contributed by atoms with E-state index in [0.29, 0.717) is 23.7 Å². The molecule has 0 aliphatic carbocycles. The minimum atomic E-state index is -3.71. The first kappa shape index (κ1) is 23.3. The summed E-state index contributed by atoms with van der Waals surface area (Å²) in [6, 6.07) is 20.3. The van der Waals surface area contributed by atoms with Gasteiger partial charge in [-0.15, -0.1) is 0 Å². The molecule has 0 fully saturated rings. The van der Waals surface area contributed by atoms with Crippen molar-refractivity contribution in [3.05, 3.63) is 83.9 Å². The zero-order valence-corrected chi connectivity index (χ0v) is 19.3. The van der Waals surface area contributed by atoms with Crippen LogP contribution in [0.3, 0.4) is 0 Å². The van der Waals surface area contributed by atoms with E-state index in [1.54, 1.807) is 24.3 Å². The number of nitrogens with one attached hydrogen (secondary N) is 1. The van der Waals surface area contributed by atoms with Gasteiger partial charge < -0.3 is 15.8 Å². The number of fused-ring (bicyclic) bond motifs is 1. The molecule has 0 bridgehead atoms. The van der Waals surface area contributed by atoms with Crippen LogP contribution in [-0.4, -0.2) is 33.4 Å². The van der Waals surface area contributed by atoms with Crippen LogP contribution in [0.4, 0.5) is 11.4 Å². The van der Waals surface area contributed by atoms with E-state index in [9.17, 15) is 18.0 Å². The molecule has 1 heterocycles. The Morgan fingerprint density at radius 2 is 1.68 bits per heavy atom. The normalized spacial score (nSPS) is 13.1. The number of ether oxygens (including phenoxy) is 1. The second-order valence-corrected chi connectivity index (χ2v) is 9.82. The summed E-state index contributed by atoms with van der Waals surface area (Å²) in [7, 11) is -3.71. The van der Waals surface area contributed by atoms with E-state index < -0.39 is 15.9 Å². The standard InChI is InChI=1S/C25H25N3O5S/c26-24(29)16-18-7-9-20(10-8-18)27-25(30)17-33-21-11-13-22(14-12-21)34(31,32)28-15-3-5-19-4-1-2-6-23(19)28/h1-2,4,6-14H,3,5,15-17H2,(H2,26,29)(H,27,30). The van der Waals surface area contributed by atoms with E-state index in [1.165, 1.54) is 28.6 Å². The predicted octanol–water partition coefficient (Wildman–Crippen LogP) is 2.87. The second kappa shape index (κ2) is 9.96. The fourth-order valence-electron chi connectivity index (χ4n) is 3.84. The van der Waals surface area contributed by atoms with Crippen LogP contribution in [0.25, 0.3) is 0 Å². The first-order chi connectivity index (χ1) is 16.3. The number of hydrogen-bond acceptors (Lipinski definition) is 5. The Balaban J connectivity index is 1.36. The Bertz CT molecular complexity index is 1290. The van der Waals surface area contributed by atoms with Crippen LogP contribution >= 0.6 is 0 Å². The first-order valence-corrected chi connectivity index (χ1v) is 12.3. The quantitative estimate of drug-likeness (QED) is 0.515. The summed E-state index contributed by atoms with van der Waals surface area (Å²) < 4.78 is 33.4. The number of benzene rings is 3. The molecule has 8 nitrogen and oxygen atoms in total. The summed E-state index contributed by atoms with van der Waals surface area (Å²) in [5, 5.41) is 2.70. The fourth-order valence-corrected chi connectivity index (χ4v) is 5.38. The summed E-state index contributed by atoms with van der Waals surface area (Å²) >= 11 is 0. The fraction of sp³-hybridized carbons (Fsp3) is 0.200. The predicted molar refractivity (Wildman–Crippen MR) is 129 cm³/mol. The van der Waals surface area contributed by atoms with Gasteiger partial charge in [0, 0.05) is 12.2 Å². The molecule has 3 aromatic carbocycles. The molecule has 3 aromatic rings. The molecule has 1 aliphatic heterocycles. The lowest BCUT2D eigenvalue weighted by Crippen LogP contribution is -2.35. The lowest BCUT2D eigenvalue weighted by atomic mass is 10.0. The van der Waals surface area contributed by atoms with Gasteiger partial charge >= 0.3 is 0 Å². The smallest absolute Gasteiger partial charge is 0.264 e. The van der Waals surface area contributed by atoms with E-state index in [0.717, 1.165) is 24.0 Å². The van der Waals surface area contributed by atoms with Crippen LogP contribution in [-0.2, 0) is 32.5 Å². The summed E-state index contributed by atoms with van der Waals surface area (Å²) in [5.41, 5.74) is 8.22. The van der Waals surface area contributed by atoms with Crippen molar-refractivity contribution < 1.29 is 22.7 Å². The molecule has 2 amide bonds. The first-order valence-electron chi connectivity index (χ1n) is 10.8. The van der Waals surface area contributed by atoms with Crippen molar-refractivity contribution in [3.63, 3.8) is 0 Å². The lowest BCUT2D eigenvalue weighted by Gasteiger charge is -2.30. The summed E-state index contributed by atoms with van der Waals surface area (Å²) in [6.45, 7) is 0.190. The van der Waals surface area contributed by atoms with E-state index in [1.807, 2.05) is 24.3 Å². The Morgan fingerprint density at radius 1 is 0.971 bits per heavy atom. The van der Waals surface area contributed by atoms with Gasteiger partial charge in [0.15, 0.2) is 6.61 Å². The van der Waals surface area contributed by atoms with Crippen molar-refractivity contribution in [2.75, 3.05) is 22.8 Å². The van der Waals surface area contributed by atoms with Crippen molar-refractivity contribution in [3.8, 4) is 5.75 Å². The molecule has 0 spiro atoms. The Hall–Kier alpha value is -3.85. The van der Waals surface area contributed by atoms with E-state index >= 15 is 0 Å². The number of anilines is 2.